The smallest absolute Gasteiger partial charge is 0.262 e. The number of amides is 3. The van der Waals surface area contributed by atoms with E-state index in [0.717, 1.165) is 11.3 Å². The van der Waals surface area contributed by atoms with Crippen molar-refractivity contribution in [2.75, 3.05) is 19.6 Å². The van der Waals surface area contributed by atoms with Crippen LogP contribution in [-0.2, 0) is 4.79 Å². The Morgan fingerprint density at radius 3 is 2.16 bits per heavy atom. The maximum absolute atomic E-state index is 12.6. The van der Waals surface area contributed by atoms with E-state index >= 15 is 0 Å². The average Bonchev–Trinajstić information content (AvgIpc) is 3.23. The zero-order valence-electron chi connectivity index (χ0n) is 13.7. The Balaban J connectivity index is 1.44. The normalized spacial score (nSPS) is 19.4. The molecule has 0 bridgehead atoms. The number of hydrogen-bond acceptors (Lipinski definition) is 3. The van der Waals surface area contributed by atoms with Gasteiger partial charge in [-0.1, -0.05) is 42.5 Å². The van der Waals surface area contributed by atoms with Crippen molar-refractivity contribution in [2.45, 2.75) is 12.3 Å². The van der Waals surface area contributed by atoms with Gasteiger partial charge in [0, 0.05) is 19.0 Å². The monoisotopic (exact) mass is 334 g/mol. The van der Waals surface area contributed by atoms with Crippen LogP contribution in [0.2, 0.25) is 0 Å². The Hall–Kier alpha value is -2.95. The molecule has 1 fully saturated rings. The second-order valence-corrected chi connectivity index (χ2v) is 6.48. The van der Waals surface area contributed by atoms with Crippen LogP contribution in [0.15, 0.2) is 54.6 Å². The van der Waals surface area contributed by atoms with Crippen molar-refractivity contribution in [3.05, 3.63) is 71.3 Å². The number of nitrogens with zero attached hydrogens (tertiary/aromatic N) is 2. The summed E-state index contributed by atoms with van der Waals surface area (Å²) in [6.45, 7) is 1.10. The first-order valence-electron chi connectivity index (χ1n) is 8.43. The number of rotatable bonds is 3. The summed E-state index contributed by atoms with van der Waals surface area (Å²) < 4.78 is 0. The minimum absolute atomic E-state index is 0.173. The number of hydrogen-bond donors (Lipinski definition) is 0. The first-order chi connectivity index (χ1) is 12.1. The van der Waals surface area contributed by atoms with Crippen LogP contribution < -0.4 is 0 Å². The molecule has 2 aliphatic rings. The van der Waals surface area contributed by atoms with Gasteiger partial charge in [0.2, 0.25) is 5.91 Å². The Morgan fingerprint density at radius 1 is 0.920 bits per heavy atom. The minimum Gasteiger partial charge on any atom is -0.341 e. The van der Waals surface area contributed by atoms with Crippen LogP contribution in [0.5, 0.6) is 0 Å². The third-order valence-electron chi connectivity index (χ3n) is 4.98. The number of benzene rings is 2. The van der Waals surface area contributed by atoms with Crippen LogP contribution in [0.3, 0.4) is 0 Å². The van der Waals surface area contributed by atoms with Crippen LogP contribution in [0.25, 0.3) is 0 Å². The lowest BCUT2D eigenvalue weighted by atomic mass is 9.99. The SMILES string of the molecule is O=C(CN1C(=O)c2ccccc2C1=O)N1CCC(c2ccccc2)C1. The van der Waals surface area contributed by atoms with Gasteiger partial charge in [-0.25, -0.2) is 0 Å². The highest BCUT2D eigenvalue weighted by atomic mass is 16.2. The van der Waals surface area contributed by atoms with Crippen LogP contribution in [0.1, 0.15) is 38.6 Å². The van der Waals surface area contributed by atoms with Gasteiger partial charge in [0.25, 0.3) is 11.8 Å². The van der Waals surface area contributed by atoms with E-state index in [1.165, 1.54) is 5.56 Å². The molecule has 1 unspecified atom stereocenters. The number of carbonyl (C=O) groups is 3. The first-order valence-corrected chi connectivity index (χ1v) is 8.43. The van der Waals surface area contributed by atoms with Crippen molar-refractivity contribution in [1.29, 1.82) is 0 Å². The lowest BCUT2D eigenvalue weighted by molar-refractivity contribution is -0.130. The molecule has 2 aromatic rings. The van der Waals surface area contributed by atoms with Gasteiger partial charge in [-0.15, -0.1) is 0 Å². The molecule has 5 nitrogen and oxygen atoms in total. The van der Waals surface area contributed by atoms with Gasteiger partial charge in [0.05, 0.1) is 11.1 Å². The molecule has 1 atom stereocenters. The summed E-state index contributed by atoms with van der Waals surface area (Å²) in [5, 5.41) is 0. The van der Waals surface area contributed by atoms with Crippen molar-refractivity contribution >= 4 is 17.7 Å². The van der Waals surface area contributed by atoms with E-state index in [1.807, 2.05) is 18.2 Å². The number of likely N-dealkylation sites (tertiary alicyclic amines) is 1. The van der Waals surface area contributed by atoms with E-state index in [-0.39, 0.29) is 24.3 Å². The van der Waals surface area contributed by atoms with E-state index in [0.29, 0.717) is 30.1 Å². The van der Waals surface area contributed by atoms with E-state index in [9.17, 15) is 14.4 Å². The summed E-state index contributed by atoms with van der Waals surface area (Å²) >= 11 is 0. The summed E-state index contributed by atoms with van der Waals surface area (Å²) in [5.74, 6) is -0.624. The van der Waals surface area contributed by atoms with Gasteiger partial charge >= 0.3 is 0 Å². The van der Waals surface area contributed by atoms with Crippen molar-refractivity contribution in [3.63, 3.8) is 0 Å². The Labute approximate surface area is 145 Å². The molecule has 25 heavy (non-hydrogen) atoms. The van der Waals surface area contributed by atoms with Crippen LogP contribution in [0.4, 0.5) is 0 Å². The zero-order valence-corrected chi connectivity index (χ0v) is 13.7. The largest absolute Gasteiger partial charge is 0.341 e. The first kappa shape index (κ1) is 15.6. The highest BCUT2D eigenvalue weighted by Gasteiger charge is 2.38. The van der Waals surface area contributed by atoms with Crippen molar-refractivity contribution in [2.24, 2.45) is 0 Å². The van der Waals surface area contributed by atoms with Crippen LogP contribution >= 0.6 is 0 Å². The molecule has 0 aromatic heterocycles. The highest BCUT2D eigenvalue weighted by Crippen LogP contribution is 2.28. The molecule has 0 aliphatic carbocycles. The standard InChI is InChI=1S/C20H18N2O3/c23-18(21-11-10-15(12-21)14-6-2-1-3-7-14)13-22-19(24)16-8-4-5-9-17(16)20(22)25/h1-9,15H,10-13H2. The van der Waals surface area contributed by atoms with E-state index in [4.69, 9.17) is 0 Å². The number of fused-ring (bicyclic) bond motifs is 1. The molecule has 1 saturated heterocycles. The number of carbonyl (C=O) groups excluding carboxylic acids is 3. The van der Waals surface area contributed by atoms with Gasteiger partial charge < -0.3 is 4.90 Å². The van der Waals surface area contributed by atoms with Crippen molar-refractivity contribution in [3.8, 4) is 0 Å². The van der Waals surface area contributed by atoms with Crippen LogP contribution in [-0.4, -0.2) is 47.2 Å². The Bertz CT molecular complexity index is 812. The quantitative estimate of drug-likeness (QED) is 0.809. The summed E-state index contributed by atoms with van der Waals surface area (Å²) in [5.41, 5.74) is 1.98. The molecule has 5 heteroatoms. The fourth-order valence-corrected chi connectivity index (χ4v) is 3.60. The highest BCUT2D eigenvalue weighted by molar-refractivity contribution is 6.22. The second-order valence-electron chi connectivity index (χ2n) is 6.48. The summed E-state index contributed by atoms with van der Waals surface area (Å²) in [6.07, 6.45) is 0.901. The van der Waals surface area contributed by atoms with Gasteiger partial charge in [-0.05, 0) is 24.1 Å². The Kier molecular flexibility index (Phi) is 3.84. The molecule has 0 spiro atoms. The van der Waals surface area contributed by atoms with Gasteiger partial charge in [0.1, 0.15) is 6.54 Å². The maximum atomic E-state index is 12.6. The number of imide groups is 1. The van der Waals surface area contributed by atoms with Crippen molar-refractivity contribution < 1.29 is 14.4 Å². The minimum atomic E-state index is -0.382. The van der Waals surface area contributed by atoms with Gasteiger partial charge in [0.15, 0.2) is 0 Å². The summed E-state index contributed by atoms with van der Waals surface area (Å²) in [4.78, 5) is 40.2. The molecular formula is C20H18N2O3. The summed E-state index contributed by atoms with van der Waals surface area (Å²) in [6, 6.07) is 16.8. The fraction of sp³-hybridized carbons (Fsp3) is 0.250. The topological polar surface area (TPSA) is 57.7 Å². The van der Waals surface area contributed by atoms with Gasteiger partial charge in [-0.3, -0.25) is 19.3 Å². The molecule has 4 rings (SSSR count). The molecule has 126 valence electrons. The lowest BCUT2D eigenvalue weighted by Gasteiger charge is -2.20. The Morgan fingerprint density at radius 2 is 1.52 bits per heavy atom. The van der Waals surface area contributed by atoms with E-state index in [1.54, 1.807) is 29.2 Å². The second kappa shape index (κ2) is 6.16. The average molecular weight is 334 g/mol. The molecule has 0 saturated carbocycles. The molecule has 0 radical (unpaired) electrons. The predicted molar refractivity (Wildman–Crippen MR) is 92.2 cm³/mol. The lowest BCUT2D eigenvalue weighted by Crippen LogP contribution is -2.41. The third-order valence-corrected chi connectivity index (χ3v) is 4.98. The van der Waals surface area contributed by atoms with Crippen LogP contribution in [0, 0.1) is 0 Å². The molecule has 2 heterocycles. The maximum Gasteiger partial charge on any atom is 0.262 e. The third kappa shape index (κ3) is 2.71. The fourth-order valence-electron chi connectivity index (χ4n) is 3.60. The van der Waals surface area contributed by atoms with E-state index in [2.05, 4.69) is 12.1 Å². The molecule has 0 N–H and O–H groups in total. The molecule has 3 amide bonds. The molecule has 2 aromatic carbocycles. The molecular weight excluding hydrogens is 316 g/mol. The van der Waals surface area contributed by atoms with E-state index < -0.39 is 0 Å². The van der Waals surface area contributed by atoms with Crippen molar-refractivity contribution in [1.82, 2.24) is 9.80 Å². The predicted octanol–water partition coefficient (Wildman–Crippen LogP) is 2.30. The van der Waals surface area contributed by atoms with Gasteiger partial charge in [-0.2, -0.15) is 0 Å². The molecule has 2 aliphatic heterocycles. The zero-order chi connectivity index (χ0) is 17.4. The summed E-state index contributed by atoms with van der Waals surface area (Å²) in [7, 11) is 0.